The number of hydrogen-bond donors (Lipinski definition) is 1. The molecule has 1 aliphatic heterocycles. The summed E-state index contributed by atoms with van der Waals surface area (Å²) >= 11 is 1.27. The van der Waals surface area contributed by atoms with Crippen molar-refractivity contribution in [2.45, 2.75) is 6.61 Å². The van der Waals surface area contributed by atoms with Crippen LogP contribution in [-0.2, 0) is 0 Å². The van der Waals surface area contributed by atoms with Crippen LogP contribution >= 0.6 is 11.3 Å². The van der Waals surface area contributed by atoms with Gasteiger partial charge >= 0.3 is 6.61 Å². The molecule has 1 aromatic heterocycles. The monoisotopic (exact) mass is 448 g/mol. The fraction of sp³-hybridized carbons (Fsp3) is 0.238. The number of anilines is 3. The summed E-state index contributed by atoms with van der Waals surface area (Å²) in [4.78, 5) is 20.7. The standard InChI is InChI=1S/C21H19F3N4O2S/c22-16-3-1-2-4-18(16)27-9-11-28(12-10-27)19(29)17-13-31-21(26-17)25-14-5-7-15(8-6-14)30-20(23)24/h1-8,13,20H,9-12H2,(H,25,26). The number of ether oxygens (including phenoxy) is 1. The predicted octanol–water partition coefficient (Wildman–Crippen LogP) is 4.59. The van der Waals surface area contributed by atoms with Crippen molar-refractivity contribution in [3.05, 3.63) is 65.4 Å². The van der Waals surface area contributed by atoms with E-state index in [0.29, 0.717) is 48.4 Å². The van der Waals surface area contributed by atoms with Crippen molar-refractivity contribution in [2.75, 3.05) is 36.4 Å². The van der Waals surface area contributed by atoms with Crippen LogP contribution in [0.5, 0.6) is 5.75 Å². The molecule has 1 saturated heterocycles. The van der Waals surface area contributed by atoms with E-state index in [2.05, 4.69) is 15.0 Å². The maximum atomic E-state index is 14.0. The van der Waals surface area contributed by atoms with Gasteiger partial charge in [0.1, 0.15) is 17.3 Å². The number of halogens is 3. The van der Waals surface area contributed by atoms with Crippen molar-refractivity contribution in [1.82, 2.24) is 9.88 Å². The van der Waals surface area contributed by atoms with Gasteiger partial charge in [0.15, 0.2) is 5.13 Å². The van der Waals surface area contributed by atoms with Gasteiger partial charge in [0, 0.05) is 37.2 Å². The van der Waals surface area contributed by atoms with E-state index in [1.54, 1.807) is 40.6 Å². The van der Waals surface area contributed by atoms with E-state index in [-0.39, 0.29) is 17.5 Å². The van der Waals surface area contributed by atoms with Crippen molar-refractivity contribution in [3.63, 3.8) is 0 Å². The number of thiazole rings is 1. The first kappa shape index (κ1) is 21.0. The molecule has 4 rings (SSSR count). The average Bonchev–Trinajstić information content (AvgIpc) is 3.23. The van der Waals surface area contributed by atoms with E-state index >= 15 is 0 Å². The number of aromatic nitrogens is 1. The molecule has 1 amide bonds. The largest absolute Gasteiger partial charge is 0.435 e. The zero-order chi connectivity index (χ0) is 21.8. The normalized spacial score (nSPS) is 14.1. The van der Waals surface area contributed by atoms with Crippen LogP contribution in [-0.4, -0.2) is 48.6 Å². The SMILES string of the molecule is O=C(c1csc(Nc2ccc(OC(F)F)cc2)n1)N1CCN(c2ccccc2F)CC1. The molecule has 0 unspecified atom stereocenters. The van der Waals surface area contributed by atoms with E-state index in [9.17, 15) is 18.0 Å². The summed E-state index contributed by atoms with van der Waals surface area (Å²) in [6, 6.07) is 12.6. The zero-order valence-electron chi connectivity index (χ0n) is 16.3. The summed E-state index contributed by atoms with van der Waals surface area (Å²) in [5.74, 6) is -0.394. The molecule has 31 heavy (non-hydrogen) atoms. The van der Waals surface area contributed by atoms with E-state index < -0.39 is 6.61 Å². The Hall–Kier alpha value is -3.27. The van der Waals surface area contributed by atoms with Gasteiger partial charge in [-0.1, -0.05) is 12.1 Å². The maximum absolute atomic E-state index is 14.0. The number of hydrogen-bond acceptors (Lipinski definition) is 6. The molecule has 6 nitrogen and oxygen atoms in total. The Kier molecular flexibility index (Phi) is 6.26. The summed E-state index contributed by atoms with van der Waals surface area (Å²) in [7, 11) is 0. The molecule has 2 heterocycles. The van der Waals surface area contributed by atoms with Crippen LogP contribution in [0.4, 0.5) is 29.7 Å². The van der Waals surface area contributed by atoms with Gasteiger partial charge in [-0.25, -0.2) is 9.37 Å². The number of benzene rings is 2. The number of carbonyl (C=O) groups excluding carboxylic acids is 1. The smallest absolute Gasteiger partial charge is 0.387 e. The highest BCUT2D eigenvalue weighted by Gasteiger charge is 2.25. The molecule has 1 aliphatic rings. The molecule has 0 aliphatic carbocycles. The third-order valence-electron chi connectivity index (χ3n) is 4.81. The van der Waals surface area contributed by atoms with Gasteiger partial charge in [-0.15, -0.1) is 11.3 Å². The number of alkyl halides is 2. The maximum Gasteiger partial charge on any atom is 0.387 e. The Morgan fingerprint density at radius 1 is 1.06 bits per heavy atom. The summed E-state index contributed by atoms with van der Waals surface area (Å²) in [6.45, 7) is -0.859. The molecule has 1 N–H and O–H groups in total. The fourth-order valence-corrected chi connectivity index (χ4v) is 4.00. The molecule has 1 fully saturated rings. The van der Waals surface area contributed by atoms with Crippen molar-refractivity contribution in [3.8, 4) is 5.75 Å². The summed E-state index contributed by atoms with van der Waals surface area (Å²) in [5.41, 5.74) is 1.50. The van der Waals surface area contributed by atoms with Gasteiger partial charge in [-0.2, -0.15) is 8.78 Å². The summed E-state index contributed by atoms with van der Waals surface area (Å²) < 4.78 is 42.7. The highest BCUT2D eigenvalue weighted by molar-refractivity contribution is 7.14. The summed E-state index contributed by atoms with van der Waals surface area (Å²) in [6.07, 6.45) is 0. The molecule has 0 spiro atoms. The Balaban J connectivity index is 1.34. The van der Waals surface area contributed by atoms with Crippen molar-refractivity contribution in [2.24, 2.45) is 0 Å². The van der Waals surface area contributed by atoms with Gasteiger partial charge < -0.3 is 19.9 Å². The van der Waals surface area contributed by atoms with E-state index in [1.165, 1.54) is 29.5 Å². The van der Waals surface area contributed by atoms with Gasteiger partial charge in [-0.05, 0) is 36.4 Å². The van der Waals surface area contributed by atoms with E-state index in [4.69, 9.17) is 0 Å². The van der Waals surface area contributed by atoms with Crippen LogP contribution in [0.1, 0.15) is 10.5 Å². The number of nitrogens with zero attached hydrogens (tertiary/aromatic N) is 3. The molecular formula is C21H19F3N4O2S. The van der Waals surface area contributed by atoms with Crippen LogP contribution in [0.15, 0.2) is 53.9 Å². The molecule has 3 aromatic rings. The van der Waals surface area contributed by atoms with Crippen molar-refractivity contribution >= 4 is 33.8 Å². The van der Waals surface area contributed by atoms with Crippen LogP contribution < -0.4 is 15.0 Å². The molecule has 0 radical (unpaired) electrons. The Bertz CT molecular complexity index is 1040. The third kappa shape index (κ3) is 5.08. The number of nitrogens with one attached hydrogen (secondary N) is 1. The number of para-hydroxylation sites is 1. The second-order valence-corrected chi connectivity index (χ2v) is 7.65. The minimum atomic E-state index is -2.88. The van der Waals surface area contributed by atoms with Crippen LogP contribution in [0.3, 0.4) is 0 Å². The van der Waals surface area contributed by atoms with Crippen molar-refractivity contribution in [1.29, 1.82) is 0 Å². The Labute approximate surface area is 180 Å². The lowest BCUT2D eigenvalue weighted by atomic mass is 10.2. The third-order valence-corrected chi connectivity index (χ3v) is 5.57. The first-order valence-corrected chi connectivity index (χ1v) is 10.4. The number of rotatable bonds is 6. The first-order valence-electron chi connectivity index (χ1n) is 9.56. The lowest BCUT2D eigenvalue weighted by Crippen LogP contribution is -2.49. The van der Waals surface area contributed by atoms with Gasteiger partial charge in [0.05, 0.1) is 5.69 Å². The number of amides is 1. The number of piperazine rings is 1. The molecular weight excluding hydrogens is 429 g/mol. The van der Waals surface area contributed by atoms with Gasteiger partial charge in [0.25, 0.3) is 5.91 Å². The lowest BCUT2D eigenvalue weighted by Gasteiger charge is -2.35. The lowest BCUT2D eigenvalue weighted by molar-refractivity contribution is -0.0498. The quantitative estimate of drug-likeness (QED) is 0.598. The summed E-state index contributed by atoms with van der Waals surface area (Å²) in [5, 5.41) is 5.22. The Morgan fingerprint density at radius 3 is 2.45 bits per heavy atom. The van der Waals surface area contributed by atoms with Gasteiger partial charge in [-0.3, -0.25) is 4.79 Å². The molecule has 0 bridgehead atoms. The average molecular weight is 448 g/mol. The zero-order valence-corrected chi connectivity index (χ0v) is 17.1. The molecule has 0 atom stereocenters. The van der Waals surface area contributed by atoms with Crippen molar-refractivity contribution < 1.29 is 22.7 Å². The van der Waals surface area contributed by atoms with E-state index in [1.807, 2.05) is 4.90 Å². The van der Waals surface area contributed by atoms with Gasteiger partial charge in [0.2, 0.25) is 0 Å². The number of carbonyl (C=O) groups is 1. The van der Waals surface area contributed by atoms with Crippen LogP contribution in [0.25, 0.3) is 0 Å². The van der Waals surface area contributed by atoms with E-state index in [0.717, 1.165) is 0 Å². The molecule has 2 aromatic carbocycles. The van der Waals surface area contributed by atoms with Crippen LogP contribution in [0.2, 0.25) is 0 Å². The highest BCUT2D eigenvalue weighted by Crippen LogP contribution is 2.25. The van der Waals surface area contributed by atoms with Crippen LogP contribution in [0, 0.1) is 5.82 Å². The minimum absolute atomic E-state index is 0.0603. The first-order chi connectivity index (χ1) is 15.0. The highest BCUT2D eigenvalue weighted by atomic mass is 32.1. The Morgan fingerprint density at radius 2 is 1.77 bits per heavy atom. The molecule has 0 saturated carbocycles. The topological polar surface area (TPSA) is 57.7 Å². The predicted molar refractivity (Wildman–Crippen MR) is 113 cm³/mol. The molecule has 10 heteroatoms. The second kappa shape index (κ2) is 9.25. The fourth-order valence-electron chi connectivity index (χ4n) is 3.29. The molecule has 162 valence electrons. The minimum Gasteiger partial charge on any atom is -0.435 e. The second-order valence-electron chi connectivity index (χ2n) is 6.80.